The summed E-state index contributed by atoms with van der Waals surface area (Å²) < 4.78 is 25.7. The SMILES string of the molecule is O=C(CSc1ccc(F)cc1)Nc1nc(-c2ccc(F)cc2)cs1. The van der Waals surface area contributed by atoms with Crippen LogP contribution >= 0.6 is 23.1 Å². The quantitative estimate of drug-likeness (QED) is 0.662. The molecule has 0 spiro atoms. The summed E-state index contributed by atoms with van der Waals surface area (Å²) in [6.07, 6.45) is 0. The Morgan fingerprint density at radius 2 is 1.67 bits per heavy atom. The number of carbonyl (C=O) groups is 1. The van der Waals surface area contributed by atoms with E-state index in [0.717, 1.165) is 10.5 Å². The fourth-order valence-corrected chi connectivity index (χ4v) is 3.35. The maximum atomic E-state index is 12.9. The molecule has 1 heterocycles. The Balaban J connectivity index is 1.57. The summed E-state index contributed by atoms with van der Waals surface area (Å²) in [5.41, 5.74) is 1.47. The number of amides is 1. The molecule has 2 aromatic carbocycles. The van der Waals surface area contributed by atoms with Gasteiger partial charge in [0, 0.05) is 15.8 Å². The largest absolute Gasteiger partial charge is 0.301 e. The van der Waals surface area contributed by atoms with Crippen LogP contribution in [-0.2, 0) is 4.79 Å². The number of thiazole rings is 1. The van der Waals surface area contributed by atoms with E-state index in [4.69, 9.17) is 0 Å². The number of aromatic nitrogens is 1. The fourth-order valence-electron chi connectivity index (χ4n) is 1.92. The standard InChI is InChI=1S/C17H12F2N2OS2/c18-12-3-1-11(2-4-12)15-9-24-17(20-15)21-16(22)10-23-14-7-5-13(19)6-8-14/h1-9H,10H2,(H,20,21,22). The Kier molecular flexibility index (Phi) is 5.22. The number of anilines is 1. The molecule has 0 aliphatic rings. The Morgan fingerprint density at radius 1 is 1.04 bits per heavy atom. The molecule has 0 aliphatic heterocycles. The molecule has 24 heavy (non-hydrogen) atoms. The van der Waals surface area contributed by atoms with Crippen LogP contribution in [0.15, 0.2) is 58.8 Å². The van der Waals surface area contributed by atoms with Gasteiger partial charge in [0.05, 0.1) is 11.4 Å². The van der Waals surface area contributed by atoms with Gasteiger partial charge in [-0.25, -0.2) is 13.8 Å². The van der Waals surface area contributed by atoms with Gasteiger partial charge in [0.2, 0.25) is 5.91 Å². The van der Waals surface area contributed by atoms with Gasteiger partial charge in [0.25, 0.3) is 0 Å². The van der Waals surface area contributed by atoms with Crippen molar-refractivity contribution in [2.75, 3.05) is 11.1 Å². The topological polar surface area (TPSA) is 42.0 Å². The lowest BCUT2D eigenvalue weighted by Gasteiger charge is -2.02. The molecule has 0 aliphatic carbocycles. The minimum Gasteiger partial charge on any atom is -0.301 e. The molecule has 1 N–H and O–H groups in total. The first-order chi connectivity index (χ1) is 11.6. The molecule has 1 amide bonds. The number of nitrogens with zero attached hydrogens (tertiary/aromatic N) is 1. The van der Waals surface area contributed by atoms with Crippen molar-refractivity contribution in [1.82, 2.24) is 4.98 Å². The first kappa shape index (κ1) is 16.6. The molecule has 122 valence electrons. The molecule has 0 saturated heterocycles. The summed E-state index contributed by atoms with van der Waals surface area (Å²) in [6, 6.07) is 12.0. The maximum absolute atomic E-state index is 12.9. The second-order valence-electron chi connectivity index (χ2n) is 4.84. The maximum Gasteiger partial charge on any atom is 0.236 e. The van der Waals surface area contributed by atoms with Gasteiger partial charge in [0.1, 0.15) is 11.6 Å². The number of hydrogen-bond donors (Lipinski definition) is 1. The summed E-state index contributed by atoms with van der Waals surface area (Å²) in [4.78, 5) is 17.1. The van der Waals surface area contributed by atoms with Crippen molar-refractivity contribution in [2.45, 2.75) is 4.90 Å². The van der Waals surface area contributed by atoms with Crippen LogP contribution in [0.25, 0.3) is 11.3 Å². The van der Waals surface area contributed by atoms with E-state index in [1.165, 1.54) is 47.4 Å². The lowest BCUT2D eigenvalue weighted by Crippen LogP contribution is -2.13. The third kappa shape index (κ3) is 4.39. The summed E-state index contributed by atoms with van der Waals surface area (Å²) in [7, 11) is 0. The third-order valence-electron chi connectivity index (χ3n) is 3.07. The molecule has 0 atom stereocenters. The minimum absolute atomic E-state index is 0.190. The van der Waals surface area contributed by atoms with Crippen LogP contribution < -0.4 is 5.32 Å². The van der Waals surface area contributed by atoms with Crippen LogP contribution in [-0.4, -0.2) is 16.6 Å². The highest BCUT2D eigenvalue weighted by Gasteiger charge is 2.09. The summed E-state index contributed by atoms with van der Waals surface area (Å²) in [6.45, 7) is 0. The monoisotopic (exact) mass is 362 g/mol. The van der Waals surface area contributed by atoms with Gasteiger partial charge in [-0.3, -0.25) is 4.79 Å². The van der Waals surface area contributed by atoms with Gasteiger partial charge >= 0.3 is 0 Å². The number of carbonyl (C=O) groups excluding carboxylic acids is 1. The fraction of sp³-hybridized carbons (Fsp3) is 0.0588. The van der Waals surface area contributed by atoms with Crippen LogP contribution in [0.1, 0.15) is 0 Å². The minimum atomic E-state index is -0.306. The van der Waals surface area contributed by atoms with Crippen LogP contribution in [0.5, 0.6) is 0 Å². The van der Waals surface area contributed by atoms with Gasteiger partial charge in [-0.15, -0.1) is 23.1 Å². The summed E-state index contributed by atoms with van der Waals surface area (Å²) in [5.74, 6) is -0.596. The molecule has 0 bridgehead atoms. The van der Waals surface area contributed by atoms with E-state index in [1.54, 1.807) is 29.6 Å². The molecule has 0 saturated carbocycles. The average Bonchev–Trinajstić information content (AvgIpc) is 3.03. The normalized spacial score (nSPS) is 10.6. The zero-order valence-electron chi connectivity index (χ0n) is 12.3. The van der Waals surface area contributed by atoms with E-state index in [1.807, 2.05) is 0 Å². The molecule has 3 aromatic rings. The molecule has 3 nitrogen and oxygen atoms in total. The van der Waals surface area contributed by atoms with Crippen molar-refractivity contribution in [3.8, 4) is 11.3 Å². The van der Waals surface area contributed by atoms with E-state index in [0.29, 0.717) is 10.8 Å². The smallest absolute Gasteiger partial charge is 0.236 e. The lowest BCUT2D eigenvalue weighted by atomic mass is 10.2. The second-order valence-corrected chi connectivity index (χ2v) is 6.74. The van der Waals surface area contributed by atoms with Crippen LogP contribution in [0, 0.1) is 11.6 Å². The van der Waals surface area contributed by atoms with E-state index >= 15 is 0 Å². The van der Waals surface area contributed by atoms with Gasteiger partial charge < -0.3 is 5.32 Å². The summed E-state index contributed by atoms with van der Waals surface area (Å²) >= 11 is 2.62. The van der Waals surface area contributed by atoms with Crippen molar-refractivity contribution in [1.29, 1.82) is 0 Å². The Bertz CT molecular complexity index is 833. The predicted molar refractivity (Wildman–Crippen MR) is 93.3 cm³/mol. The Morgan fingerprint density at radius 3 is 2.33 bits per heavy atom. The third-order valence-corrected chi connectivity index (χ3v) is 4.84. The van der Waals surface area contributed by atoms with Crippen molar-refractivity contribution in [2.24, 2.45) is 0 Å². The Labute approximate surface area is 145 Å². The van der Waals surface area contributed by atoms with Gasteiger partial charge in [-0.05, 0) is 48.5 Å². The zero-order chi connectivity index (χ0) is 16.9. The lowest BCUT2D eigenvalue weighted by molar-refractivity contribution is -0.113. The molecule has 7 heteroatoms. The first-order valence-corrected chi connectivity index (χ1v) is 8.86. The van der Waals surface area contributed by atoms with E-state index in [9.17, 15) is 13.6 Å². The average molecular weight is 362 g/mol. The van der Waals surface area contributed by atoms with E-state index in [-0.39, 0.29) is 23.3 Å². The zero-order valence-corrected chi connectivity index (χ0v) is 14.0. The molecule has 0 unspecified atom stereocenters. The van der Waals surface area contributed by atoms with Crippen molar-refractivity contribution < 1.29 is 13.6 Å². The van der Waals surface area contributed by atoms with Crippen LogP contribution in [0.2, 0.25) is 0 Å². The van der Waals surface area contributed by atoms with Crippen molar-refractivity contribution in [3.05, 3.63) is 65.5 Å². The molecule has 1 aromatic heterocycles. The van der Waals surface area contributed by atoms with Gasteiger partial charge in [-0.2, -0.15) is 0 Å². The second kappa shape index (κ2) is 7.55. The van der Waals surface area contributed by atoms with E-state index < -0.39 is 0 Å². The van der Waals surface area contributed by atoms with Crippen molar-refractivity contribution >= 4 is 34.1 Å². The predicted octanol–water partition coefficient (Wildman–Crippen LogP) is 4.82. The number of benzene rings is 2. The molecular weight excluding hydrogens is 350 g/mol. The van der Waals surface area contributed by atoms with Gasteiger partial charge in [-0.1, -0.05) is 0 Å². The number of halogens is 2. The Hall–Kier alpha value is -2.25. The molecule has 3 rings (SSSR count). The first-order valence-electron chi connectivity index (χ1n) is 7.00. The molecular formula is C17H12F2N2OS2. The number of rotatable bonds is 5. The van der Waals surface area contributed by atoms with Crippen molar-refractivity contribution in [3.63, 3.8) is 0 Å². The number of nitrogens with one attached hydrogen (secondary N) is 1. The highest BCUT2D eigenvalue weighted by Crippen LogP contribution is 2.25. The highest BCUT2D eigenvalue weighted by atomic mass is 32.2. The number of hydrogen-bond acceptors (Lipinski definition) is 4. The molecule has 0 radical (unpaired) electrons. The van der Waals surface area contributed by atoms with Crippen LogP contribution in [0.3, 0.4) is 0 Å². The van der Waals surface area contributed by atoms with Gasteiger partial charge in [0.15, 0.2) is 5.13 Å². The van der Waals surface area contributed by atoms with E-state index in [2.05, 4.69) is 10.3 Å². The van der Waals surface area contributed by atoms with Crippen LogP contribution in [0.4, 0.5) is 13.9 Å². The highest BCUT2D eigenvalue weighted by molar-refractivity contribution is 8.00. The number of thioether (sulfide) groups is 1. The summed E-state index contributed by atoms with van der Waals surface area (Å²) in [5, 5.41) is 5.01. The molecule has 0 fully saturated rings.